The van der Waals surface area contributed by atoms with Crippen molar-refractivity contribution in [1.29, 1.82) is 0 Å². The van der Waals surface area contributed by atoms with E-state index in [2.05, 4.69) is 5.32 Å². The number of aliphatic hydroxyl groups is 2. The van der Waals surface area contributed by atoms with Crippen molar-refractivity contribution in [3.05, 3.63) is 34.4 Å². The lowest BCUT2D eigenvalue weighted by atomic mass is 9.92. The SMILES string of the molecule is CC(=O)NCCC(O)C(O)c1c(C)cc(C)cc1C. The molecule has 19 heavy (non-hydrogen) atoms. The Morgan fingerprint density at radius 2 is 1.74 bits per heavy atom. The van der Waals surface area contributed by atoms with Crippen LogP contribution in [0.4, 0.5) is 0 Å². The van der Waals surface area contributed by atoms with E-state index in [-0.39, 0.29) is 5.91 Å². The molecule has 106 valence electrons. The van der Waals surface area contributed by atoms with Gasteiger partial charge in [-0.15, -0.1) is 0 Å². The molecule has 0 bridgehead atoms. The Morgan fingerprint density at radius 3 is 2.21 bits per heavy atom. The number of carbonyl (C=O) groups is 1. The van der Waals surface area contributed by atoms with Gasteiger partial charge in [0.1, 0.15) is 6.10 Å². The number of aliphatic hydroxyl groups excluding tert-OH is 2. The van der Waals surface area contributed by atoms with Gasteiger partial charge in [0.25, 0.3) is 0 Å². The maximum atomic E-state index is 10.8. The second kappa shape index (κ2) is 6.68. The molecular formula is C15H23NO3. The summed E-state index contributed by atoms with van der Waals surface area (Å²) in [6, 6.07) is 3.98. The third-order valence-corrected chi connectivity index (χ3v) is 3.21. The Hall–Kier alpha value is -1.39. The molecule has 0 heterocycles. The summed E-state index contributed by atoms with van der Waals surface area (Å²) < 4.78 is 0. The molecule has 0 aliphatic carbocycles. The molecule has 0 fully saturated rings. The first-order valence-electron chi connectivity index (χ1n) is 6.51. The zero-order chi connectivity index (χ0) is 14.6. The summed E-state index contributed by atoms with van der Waals surface area (Å²) in [6.45, 7) is 7.65. The molecule has 4 heteroatoms. The van der Waals surface area contributed by atoms with E-state index < -0.39 is 12.2 Å². The van der Waals surface area contributed by atoms with Crippen molar-refractivity contribution in [1.82, 2.24) is 5.32 Å². The zero-order valence-electron chi connectivity index (χ0n) is 12.0. The van der Waals surface area contributed by atoms with Gasteiger partial charge in [-0.25, -0.2) is 0 Å². The first-order chi connectivity index (χ1) is 8.82. The average molecular weight is 265 g/mol. The van der Waals surface area contributed by atoms with Crippen LogP contribution < -0.4 is 5.32 Å². The average Bonchev–Trinajstić information content (AvgIpc) is 2.26. The lowest BCUT2D eigenvalue weighted by molar-refractivity contribution is -0.119. The molecule has 1 rings (SSSR count). The lowest BCUT2D eigenvalue weighted by Gasteiger charge is -2.22. The molecule has 2 unspecified atom stereocenters. The molecule has 4 nitrogen and oxygen atoms in total. The fourth-order valence-corrected chi connectivity index (χ4v) is 2.40. The summed E-state index contributed by atoms with van der Waals surface area (Å²) in [7, 11) is 0. The first kappa shape index (κ1) is 15.7. The second-order valence-corrected chi connectivity index (χ2v) is 5.10. The van der Waals surface area contributed by atoms with E-state index in [1.807, 2.05) is 32.9 Å². The van der Waals surface area contributed by atoms with Gasteiger partial charge in [0, 0.05) is 13.5 Å². The Bertz CT molecular complexity index is 434. The van der Waals surface area contributed by atoms with Crippen LogP contribution in [-0.4, -0.2) is 28.8 Å². The minimum absolute atomic E-state index is 0.135. The standard InChI is InChI=1S/C15H23NO3/c1-9-7-10(2)14(11(3)8-9)15(19)13(18)5-6-16-12(4)17/h7-8,13,15,18-19H,5-6H2,1-4H3,(H,16,17). The van der Waals surface area contributed by atoms with Crippen LogP contribution in [0.1, 0.15) is 41.7 Å². The highest BCUT2D eigenvalue weighted by molar-refractivity contribution is 5.72. The first-order valence-corrected chi connectivity index (χ1v) is 6.51. The molecule has 0 spiro atoms. The van der Waals surface area contributed by atoms with Gasteiger partial charge in [0.2, 0.25) is 5.91 Å². The zero-order valence-corrected chi connectivity index (χ0v) is 12.0. The summed E-state index contributed by atoms with van der Waals surface area (Å²) in [5.41, 5.74) is 3.87. The highest BCUT2D eigenvalue weighted by atomic mass is 16.3. The van der Waals surface area contributed by atoms with Crippen LogP contribution in [0, 0.1) is 20.8 Å². The highest BCUT2D eigenvalue weighted by Crippen LogP contribution is 2.26. The minimum Gasteiger partial charge on any atom is -0.390 e. The summed E-state index contributed by atoms with van der Waals surface area (Å²) in [5, 5.41) is 22.9. The van der Waals surface area contributed by atoms with Crippen LogP contribution >= 0.6 is 0 Å². The smallest absolute Gasteiger partial charge is 0.216 e. The number of benzene rings is 1. The van der Waals surface area contributed by atoms with Gasteiger partial charge in [0.05, 0.1) is 6.10 Å². The largest absolute Gasteiger partial charge is 0.390 e. The van der Waals surface area contributed by atoms with Crippen molar-refractivity contribution < 1.29 is 15.0 Å². The van der Waals surface area contributed by atoms with Gasteiger partial charge >= 0.3 is 0 Å². The lowest BCUT2D eigenvalue weighted by Crippen LogP contribution is -2.28. The van der Waals surface area contributed by atoms with E-state index in [1.165, 1.54) is 6.92 Å². The van der Waals surface area contributed by atoms with Crippen molar-refractivity contribution in [2.75, 3.05) is 6.54 Å². The number of carbonyl (C=O) groups excluding carboxylic acids is 1. The van der Waals surface area contributed by atoms with Crippen LogP contribution in [0.5, 0.6) is 0 Å². The molecule has 0 aliphatic rings. The highest BCUT2D eigenvalue weighted by Gasteiger charge is 2.21. The third kappa shape index (κ3) is 4.33. The topological polar surface area (TPSA) is 69.6 Å². The van der Waals surface area contributed by atoms with Crippen LogP contribution in [-0.2, 0) is 4.79 Å². The predicted octanol–water partition coefficient (Wildman–Crippen LogP) is 1.53. The van der Waals surface area contributed by atoms with Gasteiger partial charge in [-0.05, 0) is 43.9 Å². The Morgan fingerprint density at radius 1 is 1.21 bits per heavy atom. The Labute approximate surface area is 114 Å². The predicted molar refractivity (Wildman–Crippen MR) is 74.9 cm³/mol. The van der Waals surface area contributed by atoms with Crippen LogP contribution in [0.2, 0.25) is 0 Å². The van der Waals surface area contributed by atoms with Crippen molar-refractivity contribution in [2.45, 2.75) is 46.3 Å². The van der Waals surface area contributed by atoms with Crippen molar-refractivity contribution in [3.63, 3.8) is 0 Å². The van der Waals surface area contributed by atoms with Crippen LogP contribution in [0.25, 0.3) is 0 Å². The second-order valence-electron chi connectivity index (χ2n) is 5.10. The van der Waals surface area contributed by atoms with Crippen molar-refractivity contribution in [3.8, 4) is 0 Å². The van der Waals surface area contributed by atoms with Gasteiger partial charge in [-0.1, -0.05) is 17.7 Å². The molecule has 0 saturated heterocycles. The molecular weight excluding hydrogens is 242 g/mol. The number of amides is 1. The van der Waals surface area contributed by atoms with E-state index in [0.29, 0.717) is 13.0 Å². The molecule has 0 radical (unpaired) electrons. The summed E-state index contributed by atoms with van der Waals surface area (Å²) in [4.78, 5) is 10.8. The molecule has 0 saturated carbocycles. The van der Waals surface area contributed by atoms with Gasteiger partial charge < -0.3 is 15.5 Å². The number of nitrogens with one attached hydrogen (secondary N) is 1. The molecule has 1 aromatic carbocycles. The molecule has 0 aromatic heterocycles. The Balaban J connectivity index is 2.76. The Kier molecular flexibility index (Phi) is 5.51. The maximum absolute atomic E-state index is 10.8. The summed E-state index contributed by atoms with van der Waals surface area (Å²) in [6.07, 6.45) is -1.48. The van der Waals surface area contributed by atoms with Gasteiger partial charge in [0.15, 0.2) is 0 Å². The third-order valence-electron chi connectivity index (χ3n) is 3.21. The van der Waals surface area contributed by atoms with E-state index >= 15 is 0 Å². The number of hydrogen-bond acceptors (Lipinski definition) is 3. The maximum Gasteiger partial charge on any atom is 0.216 e. The van der Waals surface area contributed by atoms with E-state index in [1.54, 1.807) is 0 Å². The molecule has 1 aromatic rings. The van der Waals surface area contributed by atoms with Crippen molar-refractivity contribution in [2.24, 2.45) is 0 Å². The molecule has 0 aliphatic heterocycles. The number of rotatable bonds is 5. The molecule has 2 atom stereocenters. The number of hydrogen-bond donors (Lipinski definition) is 3. The molecule has 1 amide bonds. The number of aryl methyl sites for hydroxylation is 3. The van der Waals surface area contributed by atoms with Gasteiger partial charge in [-0.3, -0.25) is 4.79 Å². The van der Waals surface area contributed by atoms with E-state index in [0.717, 1.165) is 22.3 Å². The normalized spacial score (nSPS) is 14.0. The fourth-order valence-electron chi connectivity index (χ4n) is 2.40. The minimum atomic E-state index is -0.922. The monoisotopic (exact) mass is 265 g/mol. The van der Waals surface area contributed by atoms with E-state index in [4.69, 9.17) is 0 Å². The van der Waals surface area contributed by atoms with Crippen LogP contribution in [0.3, 0.4) is 0 Å². The fraction of sp³-hybridized carbons (Fsp3) is 0.533. The van der Waals surface area contributed by atoms with E-state index in [9.17, 15) is 15.0 Å². The summed E-state index contributed by atoms with van der Waals surface area (Å²) in [5.74, 6) is -0.135. The van der Waals surface area contributed by atoms with Crippen molar-refractivity contribution >= 4 is 5.91 Å². The summed E-state index contributed by atoms with van der Waals surface area (Å²) >= 11 is 0. The molecule has 3 N–H and O–H groups in total. The quantitative estimate of drug-likeness (QED) is 0.756. The van der Waals surface area contributed by atoms with Gasteiger partial charge in [-0.2, -0.15) is 0 Å². The van der Waals surface area contributed by atoms with Crippen LogP contribution in [0.15, 0.2) is 12.1 Å².